The molecule has 0 aliphatic carbocycles. The van der Waals surface area contributed by atoms with Crippen molar-refractivity contribution in [2.24, 2.45) is 0 Å². The summed E-state index contributed by atoms with van der Waals surface area (Å²) in [7, 11) is 2.11. The maximum atomic E-state index is 3.47. The summed E-state index contributed by atoms with van der Waals surface area (Å²) < 4.78 is 0. The lowest BCUT2D eigenvalue weighted by molar-refractivity contribution is 0.966. The molecule has 0 saturated heterocycles. The molecule has 1 aromatic rings. The Balaban J connectivity index is 2.95. The molecule has 0 fully saturated rings. The second-order valence-corrected chi connectivity index (χ2v) is 3.82. The van der Waals surface area contributed by atoms with E-state index in [1.807, 2.05) is 0 Å². The maximum absolute atomic E-state index is 3.47. The minimum atomic E-state index is 0.939. The summed E-state index contributed by atoms with van der Waals surface area (Å²) in [6.07, 6.45) is 0. The van der Waals surface area contributed by atoms with Crippen molar-refractivity contribution < 1.29 is 0 Å². The first-order valence-electron chi connectivity index (χ1n) is 4.55. The molecule has 1 nitrogen and oxygen atoms in total. The van der Waals surface area contributed by atoms with E-state index in [0.717, 1.165) is 11.9 Å². The molecule has 0 N–H and O–H groups in total. The molecule has 0 radical (unpaired) electrons. The number of aryl methyl sites for hydroxylation is 1. The Morgan fingerprint density at radius 3 is 2.54 bits per heavy atom. The van der Waals surface area contributed by atoms with Crippen molar-refractivity contribution in [3.8, 4) is 0 Å². The van der Waals surface area contributed by atoms with Gasteiger partial charge in [0, 0.05) is 24.6 Å². The van der Waals surface area contributed by atoms with Crippen LogP contribution in [0.1, 0.15) is 18.1 Å². The monoisotopic (exact) mass is 241 g/mol. The van der Waals surface area contributed by atoms with E-state index in [2.05, 4.69) is 59.9 Å². The Bertz CT molecular complexity index is 283. The topological polar surface area (TPSA) is 3.24 Å². The average Bonchev–Trinajstić information content (AvgIpc) is 2.16. The largest absolute Gasteiger partial charge is 0.375 e. The Labute approximate surface area is 88.9 Å². The Hall–Kier alpha value is -0.500. The molecule has 0 atom stereocenters. The zero-order valence-electron chi connectivity index (χ0n) is 8.47. The first-order chi connectivity index (χ1) is 6.19. The normalized spacial score (nSPS) is 10.2. The maximum Gasteiger partial charge on any atom is 0.0366 e. The summed E-state index contributed by atoms with van der Waals surface area (Å²) in [5, 5.41) is 0.939. The molecule has 1 aromatic carbocycles. The van der Waals surface area contributed by atoms with Crippen LogP contribution >= 0.6 is 15.9 Å². The molecular formula is C11H16BrN. The van der Waals surface area contributed by atoms with Gasteiger partial charge in [-0.1, -0.05) is 22.0 Å². The third-order valence-corrected chi connectivity index (χ3v) is 2.99. The third kappa shape index (κ3) is 2.47. The third-order valence-electron chi connectivity index (χ3n) is 2.39. The molecule has 2 heteroatoms. The molecule has 0 amide bonds. The fraction of sp³-hybridized carbons (Fsp3) is 0.455. The van der Waals surface area contributed by atoms with E-state index in [9.17, 15) is 0 Å². The van der Waals surface area contributed by atoms with Gasteiger partial charge in [-0.25, -0.2) is 0 Å². The van der Waals surface area contributed by atoms with Crippen molar-refractivity contribution in [2.45, 2.75) is 19.2 Å². The fourth-order valence-electron chi connectivity index (χ4n) is 1.25. The Kier molecular flexibility index (Phi) is 3.79. The number of alkyl halides is 1. The first kappa shape index (κ1) is 10.6. The van der Waals surface area contributed by atoms with E-state index in [-0.39, 0.29) is 0 Å². The van der Waals surface area contributed by atoms with E-state index in [0.29, 0.717) is 0 Å². The summed E-state index contributed by atoms with van der Waals surface area (Å²) >= 11 is 3.47. The highest BCUT2D eigenvalue weighted by Crippen LogP contribution is 2.19. The minimum Gasteiger partial charge on any atom is -0.375 e. The predicted molar refractivity (Wildman–Crippen MR) is 62.8 cm³/mol. The van der Waals surface area contributed by atoms with Crippen molar-refractivity contribution in [3.05, 3.63) is 29.3 Å². The summed E-state index contributed by atoms with van der Waals surface area (Å²) in [6.45, 7) is 5.37. The van der Waals surface area contributed by atoms with E-state index < -0.39 is 0 Å². The van der Waals surface area contributed by atoms with Crippen LogP contribution in [0.15, 0.2) is 18.2 Å². The first-order valence-corrected chi connectivity index (χ1v) is 5.67. The minimum absolute atomic E-state index is 0.939. The molecule has 0 unspecified atom stereocenters. The predicted octanol–water partition coefficient (Wildman–Crippen LogP) is 3.35. The smallest absolute Gasteiger partial charge is 0.0366 e. The van der Waals surface area contributed by atoms with Crippen LogP contribution in [0.4, 0.5) is 5.69 Å². The second kappa shape index (κ2) is 4.66. The molecule has 1 rings (SSSR count). The summed E-state index contributed by atoms with van der Waals surface area (Å²) in [6, 6.07) is 6.60. The zero-order valence-corrected chi connectivity index (χ0v) is 10.1. The second-order valence-electron chi connectivity index (χ2n) is 3.26. The highest BCUT2D eigenvalue weighted by Gasteiger charge is 2.01. The van der Waals surface area contributed by atoms with Crippen LogP contribution in [0.3, 0.4) is 0 Å². The lowest BCUT2D eigenvalue weighted by atomic mass is 10.1. The van der Waals surface area contributed by atoms with Gasteiger partial charge in [0.1, 0.15) is 0 Å². The number of hydrogen-bond donors (Lipinski definition) is 0. The van der Waals surface area contributed by atoms with Gasteiger partial charge in [-0.05, 0) is 37.1 Å². The van der Waals surface area contributed by atoms with Gasteiger partial charge >= 0.3 is 0 Å². The van der Waals surface area contributed by atoms with Crippen molar-refractivity contribution in [1.82, 2.24) is 0 Å². The molecular weight excluding hydrogens is 226 g/mol. The summed E-state index contributed by atoms with van der Waals surface area (Å²) in [5.74, 6) is 0. The highest BCUT2D eigenvalue weighted by molar-refractivity contribution is 9.08. The Morgan fingerprint density at radius 1 is 1.38 bits per heavy atom. The van der Waals surface area contributed by atoms with Crippen LogP contribution < -0.4 is 4.90 Å². The number of anilines is 1. The Morgan fingerprint density at radius 2 is 2.08 bits per heavy atom. The fourth-order valence-corrected chi connectivity index (χ4v) is 1.88. The van der Waals surface area contributed by atoms with Crippen LogP contribution in [0.5, 0.6) is 0 Å². The van der Waals surface area contributed by atoms with Crippen molar-refractivity contribution in [1.29, 1.82) is 0 Å². The average molecular weight is 242 g/mol. The summed E-state index contributed by atoms with van der Waals surface area (Å²) in [5.41, 5.74) is 4.02. The number of benzene rings is 1. The standard InChI is InChI=1S/C11H16BrN/c1-4-13(3)11-6-5-10(8-12)9(2)7-11/h5-7H,4,8H2,1-3H3. The molecule has 0 aliphatic rings. The SMILES string of the molecule is CCN(C)c1ccc(CBr)c(C)c1. The van der Waals surface area contributed by atoms with Gasteiger partial charge in [0.2, 0.25) is 0 Å². The molecule has 0 aliphatic heterocycles. The number of nitrogens with zero attached hydrogens (tertiary/aromatic N) is 1. The van der Waals surface area contributed by atoms with Crippen LogP contribution in [0.2, 0.25) is 0 Å². The van der Waals surface area contributed by atoms with Crippen molar-refractivity contribution >= 4 is 21.6 Å². The van der Waals surface area contributed by atoms with Crippen molar-refractivity contribution in [2.75, 3.05) is 18.5 Å². The number of rotatable bonds is 3. The zero-order chi connectivity index (χ0) is 9.84. The van der Waals surface area contributed by atoms with Crippen LogP contribution in [-0.4, -0.2) is 13.6 Å². The molecule has 0 bridgehead atoms. The van der Waals surface area contributed by atoms with Crippen LogP contribution in [-0.2, 0) is 5.33 Å². The molecule has 0 saturated carbocycles. The molecule has 13 heavy (non-hydrogen) atoms. The van der Waals surface area contributed by atoms with Gasteiger partial charge in [-0.3, -0.25) is 0 Å². The summed E-state index contributed by atoms with van der Waals surface area (Å²) in [4.78, 5) is 2.24. The van der Waals surface area contributed by atoms with Gasteiger partial charge in [-0.2, -0.15) is 0 Å². The van der Waals surface area contributed by atoms with Gasteiger partial charge in [-0.15, -0.1) is 0 Å². The van der Waals surface area contributed by atoms with Gasteiger partial charge in [0.05, 0.1) is 0 Å². The van der Waals surface area contributed by atoms with E-state index in [1.165, 1.54) is 16.8 Å². The van der Waals surface area contributed by atoms with E-state index in [1.54, 1.807) is 0 Å². The molecule has 0 spiro atoms. The van der Waals surface area contributed by atoms with Crippen LogP contribution in [0.25, 0.3) is 0 Å². The number of halogens is 1. The molecule has 0 heterocycles. The lowest BCUT2D eigenvalue weighted by Crippen LogP contribution is -2.15. The lowest BCUT2D eigenvalue weighted by Gasteiger charge is -2.18. The highest BCUT2D eigenvalue weighted by atomic mass is 79.9. The number of hydrogen-bond acceptors (Lipinski definition) is 1. The quantitative estimate of drug-likeness (QED) is 0.735. The molecule has 72 valence electrons. The van der Waals surface area contributed by atoms with E-state index >= 15 is 0 Å². The van der Waals surface area contributed by atoms with Gasteiger partial charge in [0.25, 0.3) is 0 Å². The van der Waals surface area contributed by atoms with Gasteiger partial charge in [0.15, 0.2) is 0 Å². The molecule has 0 aromatic heterocycles. The van der Waals surface area contributed by atoms with E-state index in [4.69, 9.17) is 0 Å². The van der Waals surface area contributed by atoms with Crippen LogP contribution in [0, 0.1) is 6.92 Å². The van der Waals surface area contributed by atoms with Crippen molar-refractivity contribution in [3.63, 3.8) is 0 Å². The van der Waals surface area contributed by atoms with Gasteiger partial charge < -0.3 is 4.90 Å².